The zero-order valence-electron chi connectivity index (χ0n) is 20.9. The lowest BCUT2D eigenvalue weighted by Gasteiger charge is -2.32. The van der Waals surface area contributed by atoms with Crippen LogP contribution in [0.4, 0.5) is 10.1 Å². The van der Waals surface area contributed by atoms with Crippen LogP contribution in [0.15, 0.2) is 42.5 Å². The SMILES string of the molecule is CCS(=O)(=O)N(CC(=O)N(Cc1ccc(F)cc1)[C@H](C)C(=O)NC(C)C)c1ccc2c(c1)OCCO2. The van der Waals surface area contributed by atoms with Crippen molar-refractivity contribution < 1.29 is 31.9 Å². The first-order chi connectivity index (χ1) is 17.0. The summed E-state index contributed by atoms with van der Waals surface area (Å²) in [4.78, 5) is 27.7. The topological polar surface area (TPSA) is 105 Å². The van der Waals surface area contributed by atoms with Gasteiger partial charge in [0.25, 0.3) is 0 Å². The molecule has 1 heterocycles. The van der Waals surface area contributed by atoms with Gasteiger partial charge in [-0.3, -0.25) is 13.9 Å². The molecule has 1 atom stereocenters. The van der Waals surface area contributed by atoms with Crippen molar-refractivity contribution in [3.63, 3.8) is 0 Å². The molecule has 36 heavy (non-hydrogen) atoms. The Balaban J connectivity index is 1.94. The molecular weight excluding hydrogens is 489 g/mol. The third kappa shape index (κ3) is 6.66. The second-order valence-corrected chi connectivity index (χ2v) is 10.9. The summed E-state index contributed by atoms with van der Waals surface area (Å²) < 4.78 is 51.6. The summed E-state index contributed by atoms with van der Waals surface area (Å²) in [5.74, 6) is -0.767. The van der Waals surface area contributed by atoms with Gasteiger partial charge in [0.05, 0.1) is 11.4 Å². The van der Waals surface area contributed by atoms with Crippen LogP contribution in [-0.2, 0) is 26.2 Å². The van der Waals surface area contributed by atoms with Gasteiger partial charge in [0.2, 0.25) is 21.8 Å². The number of amides is 2. The predicted octanol–water partition coefficient (Wildman–Crippen LogP) is 2.69. The lowest BCUT2D eigenvalue weighted by molar-refractivity contribution is -0.139. The van der Waals surface area contributed by atoms with Crippen LogP contribution in [0.1, 0.15) is 33.3 Å². The van der Waals surface area contributed by atoms with E-state index in [4.69, 9.17) is 9.47 Å². The Kier molecular flexibility index (Phi) is 8.78. The van der Waals surface area contributed by atoms with E-state index >= 15 is 0 Å². The number of anilines is 1. The van der Waals surface area contributed by atoms with Crippen LogP contribution >= 0.6 is 0 Å². The molecule has 0 aliphatic carbocycles. The van der Waals surface area contributed by atoms with Crippen molar-refractivity contribution in [2.75, 3.05) is 29.8 Å². The van der Waals surface area contributed by atoms with E-state index in [1.807, 2.05) is 0 Å². The van der Waals surface area contributed by atoms with E-state index in [0.717, 1.165) is 4.31 Å². The summed E-state index contributed by atoms with van der Waals surface area (Å²) >= 11 is 0. The molecule has 0 radical (unpaired) electrons. The number of rotatable bonds is 10. The molecule has 0 fully saturated rings. The molecule has 0 aromatic heterocycles. The Hall–Kier alpha value is -3.34. The van der Waals surface area contributed by atoms with E-state index in [-0.39, 0.29) is 29.9 Å². The van der Waals surface area contributed by atoms with E-state index in [9.17, 15) is 22.4 Å². The van der Waals surface area contributed by atoms with Gasteiger partial charge in [0, 0.05) is 18.7 Å². The summed E-state index contributed by atoms with van der Waals surface area (Å²) in [5.41, 5.74) is 0.841. The molecule has 3 rings (SSSR count). The van der Waals surface area contributed by atoms with Crippen LogP contribution in [0.25, 0.3) is 0 Å². The Labute approximate surface area is 211 Å². The van der Waals surface area contributed by atoms with Crippen LogP contribution < -0.4 is 19.1 Å². The van der Waals surface area contributed by atoms with Crippen molar-refractivity contribution in [3.05, 3.63) is 53.8 Å². The Morgan fingerprint density at radius 2 is 1.67 bits per heavy atom. The van der Waals surface area contributed by atoms with Crippen molar-refractivity contribution >= 4 is 27.5 Å². The summed E-state index contributed by atoms with van der Waals surface area (Å²) in [5, 5.41) is 2.78. The first-order valence-electron chi connectivity index (χ1n) is 11.8. The van der Waals surface area contributed by atoms with Gasteiger partial charge in [0.15, 0.2) is 11.5 Å². The number of sulfonamides is 1. The average Bonchev–Trinajstić information content (AvgIpc) is 2.85. The molecule has 1 aliphatic rings. The van der Waals surface area contributed by atoms with Gasteiger partial charge in [0.1, 0.15) is 31.6 Å². The minimum absolute atomic E-state index is 0.00700. The van der Waals surface area contributed by atoms with E-state index in [1.165, 1.54) is 42.2 Å². The number of carbonyl (C=O) groups excluding carboxylic acids is 2. The van der Waals surface area contributed by atoms with Crippen molar-refractivity contribution in [3.8, 4) is 11.5 Å². The van der Waals surface area contributed by atoms with Gasteiger partial charge in [-0.1, -0.05) is 12.1 Å². The van der Waals surface area contributed by atoms with Gasteiger partial charge in [-0.15, -0.1) is 0 Å². The minimum atomic E-state index is -3.87. The van der Waals surface area contributed by atoms with Crippen molar-refractivity contribution in [1.82, 2.24) is 10.2 Å². The van der Waals surface area contributed by atoms with Gasteiger partial charge < -0.3 is 19.7 Å². The second kappa shape index (κ2) is 11.6. The van der Waals surface area contributed by atoms with Gasteiger partial charge >= 0.3 is 0 Å². The predicted molar refractivity (Wildman–Crippen MR) is 134 cm³/mol. The molecule has 2 amide bonds. The van der Waals surface area contributed by atoms with Crippen molar-refractivity contribution in [1.29, 1.82) is 0 Å². The molecule has 1 N–H and O–H groups in total. The highest BCUT2D eigenvalue weighted by atomic mass is 32.2. The maximum absolute atomic E-state index is 13.6. The molecule has 0 bridgehead atoms. The van der Waals surface area contributed by atoms with Gasteiger partial charge in [-0.05, 0) is 57.5 Å². The van der Waals surface area contributed by atoms with Gasteiger partial charge in [-0.2, -0.15) is 0 Å². The highest BCUT2D eigenvalue weighted by Crippen LogP contribution is 2.35. The standard InChI is InChI=1S/C25H32FN3O6S/c1-5-36(32,33)29(21-10-11-22-23(14-21)35-13-12-34-22)16-24(30)28(18(4)25(31)27-17(2)3)15-19-6-8-20(26)9-7-19/h6-11,14,17-18H,5,12-13,15-16H2,1-4H3,(H,27,31)/t18-/m1/s1. The third-order valence-corrected chi connectivity index (χ3v) is 7.40. The van der Waals surface area contributed by atoms with E-state index in [0.29, 0.717) is 30.3 Å². The Morgan fingerprint density at radius 1 is 1.03 bits per heavy atom. The zero-order valence-corrected chi connectivity index (χ0v) is 21.7. The smallest absolute Gasteiger partial charge is 0.244 e. The largest absolute Gasteiger partial charge is 0.486 e. The molecule has 0 unspecified atom stereocenters. The number of hydrogen-bond acceptors (Lipinski definition) is 6. The highest BCUT2D eigenvalue weighted by Gasteiger charge is 2.31. The minimum Gasteiger partial charge on any atom is -0.486 e. The summed E-state index contributed by atoms with van der Waals surface area (Å²) in [7, 11) is -3.87. The first kappa shape index (κ1) is 27.3. The molecule has 0 saturated carbocycles. The molecule has 0 saturated heterocycles. The lowest BCUT2D eigenvalue weighted by Crippen LogP contribution is -2.52. The maximum atomic E-state index is 13.6. The van der Waals surface area contributed by atoms with Crippen LogP contribution in [0.5, 0.6) is 11.5 Å². The fourth-order valence-electron chi connectivity index (χ4n) is 3.68. The number of benzene rings is 2. The number of hydrogen-bond donors (Lipinski definition) is 1. The molecule has 1 aliphatic heterocycles. The second-order valence-electron chi connectivity index (χ2n) is 8.72. The third-order valence-electron chi connectivity index (χ3n) is 5.66. The van der Waals surface area contributed by atoms with Crippen molar-refractivity contribution in [2.24, 2.45) is 0 Å². The summed E-state index contributed by atoms with van der Waals surface area (Å²) in [6.07, 6.45) is 0. The number of nitrogens with zero attached hydrogens (tertiary/aromatic N) is 2. The number of halogens is 1. The van der Waals surface area contributed by atoms with Crippen LogP contribution in [0.3, 0.4) is 0 Å². The molecule has 2 aromatic rings. The lowest BCUT2D eigenvalue weighted by atomic mass is 10.1. The molecule has 196 valence electrons. The van der Waals surface area contributed by atoms with Crippen LogP contribution in [0, 0.1) is 5.82 Å². The zero-order chi connectivity index (χ0) is 26.5. The molecule has 0 spiro atoms. The fourth-order valence-corrected chi connectivity index (χ4v) is 4.73. The number of nitrogens with one attached hydrogen (secondary N) is 1. The molecule has 2 aromatic carbocycles. The molecular formula is C25H32FN3O6S. The van der Waals surface area contributed by atoms with Crippen LogP contribution in [0.2, 0.25) is 0 Å². The monoisotopic (exact) mass is 521 g/mol. The first-order valence-corrected chi connectivity index (χ1v) is 13.4. The fraction of sp³-hybridized carbons (Fsp3) is 0.440. The normalized spacial score (nSPS) is 13.7. The maximum Gasteiger partial charge on any atom is 0.244 e. The van der Waals surface area contributed by atoms with E-state index in [1.54, 1.807) is 32.9 Å². The number of carbonyl (C=O) groups is 2. The summed E-state index contributed by atoms with van der Waals surface area (Å²) in [6.45, 7) is 6.83. The Morgan fingerprint density at radius 3 is 2.28 bits per heavy atom. The molecule has 11 heteroatoms. The highest BCUT2D eigenvalue weighted by molar-refractivity contribution is 7.92. The Bertz CT molecular complexity index is 1190. The average molecular weight is 522 g/mol. The number of fused-ring (bicyclic) bond motifs is 1. The quantitative estimate of drug-likeness (QED) is 0.516. The van der Waals surface area contributed by atoms with E-state index in [2.05, 4.69) is 5.32 Å². The number of ether oxygens (including phenoxy) is 2. The molecule has 9 nitrogen and oxygen atoms in total. The van der Waals surface area contributed by atoms with Crippen molar-refractivity contribution in [2.45, 2.75) is 46.3 Å². The van der Waals surface area contributed by atoms with E-state index < -0.39 is 34.3 Å². The van der Waals surface area contributed by atoms with Crippen LogP contribution in [-0.4, -0.2) is 62.7 Å². The summed E-state index contributed by atoms with van der Waals surface area (Å²) in [6, 6.07) is 9.17. The van der Waals surface area contributed by atoms with Gasteiger partial charge in [-0.25, -0.2) is 12.8 Å².